The first-order chi connectivity index (χ1) is 14.6. The van der Waals surface area contributed by atoms with Gasteiger partial charge in [-0.2, -0.15) is 4.98 Å². The van der Waals surface area contributed by atoms with Crippen molar-refractivity contribution in [2.75, 3.05) is 0 Å². The van der Waals surface area contributed by atoms with Gasteiger partial charge in [0.25, 0.3) is 0 Å². The van der Waals surface area contributed by atoms with Crippen molar-refractivity contribution in [1.82, 2.24) is 10.1 Å². The van der Waals surface area contributed by atoms with Crippen LogP contribution in [0.5, 0.6) is 0 Å². The Hall–Kier alpha value is -2.44. The molecule has 5 rings (SSSR count). The summed E-state index contributed by atoms with van der Waals surface area (Å²) >= 11 is 0. The Bertz CT molecular complexity index is 1070. The summed E-state index contributed by atoms with van der Waals surface area (Å²) in [6, 6.07) is 18.5. The lowest BCUT2D eigenvalue weighted by molar-refractivity contribution is 0.00578. The fraction of sp³-hybridized carbons (Fsp3) is 0.440. The molecule has 1 saturated carbocycles. The zero-order chi connectivity index (χ0) is 22.0. The molecule has 5 nitrogen and oxygen atoms in total. The predicted octanol–water partition coefficient (Wildman–Crippen LogP) is 4.94. The van der Waals surface area contributed by atoms with Gasteiger partial charge in [-0.3, -0.25) is 0 Å². The van der Waals surface area contributed by atoms with Gasteiger partial charge in [-0.15, -0.1) is 0 Å². The molecular formula is C25H29BN2O3. The molecule has 1 aliphatic carbocycles. The smallest absolute Gasteiger partial charge is 0.399 e. The van der Waals surface area contributed by atoms with Crippen LogP contribution in [0.15, 0.2) is 59.1 Å². The van der Waals surface area contributed by atoms with E-state index in [1.807, 2.05) is 30.3 Å². The summed E-state index contributed by atoms with van der Waals surface area (Å²) < 4.78 is 18.1. The van der Waals surface area contributed by atoms with E-state index in [0.29, 0.717) is 17.6 Å². The Morgan fingerprint density at radius 2 is 1.39 bits per heavy atom. The van der Waals surface area contributed by atoms with Crippen LogP contribution >= 0.6 is 0 Å². The summed E-state index contributed by atoms with van der Waals surface area (Å²) in [5, 5.41) is 4.22. The van der Waals surface area contributed by atoms with Gasteiger partial charge in [-0.05, 0) is 44.1 Å². The molecule has 1 aliphatic heterocycles. The molecule has 2 aliphatic rings. The molecule has 0 bridgehead atoms. The molecule has 2 heterocycles. The first-order valence-corrected chi connectivity index (χ1v) is 10.9. The van der Waals surface area contributed by atoms with E-state index >= 15 is 0 Å². The van der Waals surface area contributed by atoms with Crippen molar-refractivity contribution >= 4 is 12.6 Å². The van der Waals surface area contributed by atoms with Gasteiger partial charge < -0.3 is 13.8 Å². The third-order valence-corrected chi connectivity index (χ3v) is 7.39. The Labute approximate surface area is 184 Å². The molecule has 6 heteroatoms. The van der Waals surface area contributed by atoms with Gasteiger partial charge in [0.2, 0.25) is 11.7 Å². The zero-order valence-electron chi connectivity index (χ0n) is 19.0. The monoisotopic (exact) mass is 416 g/mol. The summed E-state index contributed by atoms with van der Waals surface area (Å²) in [5.41, 5.74) is 2.67. The molecule has 1 aromatic heterocycles. The molecule has 160 valence electrons. The summed E-state index contributed by atoms with van der Waals surface area (Å²) in [5.74, 6) is 1.90. The van der Waals surface area contributed by atoms with Crippen molar-refractivity contribution in [2.45, 2.75) is 64.6 Å². The average Bonchev–Trinajstić information content (AvgIpc) is 3.02. The molecular weight excluding hydrogens is 387 g/mol. The molecule has 1 saturated heterocycles. The van der Waals surface area contributed by atoms with Crippen LogP contribution < -0.4 is 5.46 Å². The van der Waals surface area contributed by atoms with Crippen molar-refractivity contribution < 1.29 is 13.8 Å². The molecule has 2 atom stereocenters. The van der Waals surface area contributed by atoms with Crippen molar-refractivity contribution in [3.63, 3.8) is 0 Å². The number of hydrogen-bond donors (Lipinski definition) is 0. The number of benzene rings is 2. The van der Waals surface area contributed by atoms with Crippen molar-refractivity contribution in [3.05, 3.63) is 66.1 Å². The molecule has 0 unspecified atom stereocenters. The van der Waals surface area contributed by atoms with Gasteiger partial charge in [-0.1, -0.05) is 73.6 Å². The minimum atomic E-state index is -0.341. The van der Waals surface area contributed by atoms with E-state index in [-0.39, 0.29) is 29.7 Å². The van der Waals surface area contributed by atoms with Crippen LogP contribution in [-0.4, -0.2) is 28.5 Å². The highest BCUT2D eigenvalue weighted by atomic mass is 16.7. The van der Waals surface area contributed by atoms with Gasteiger partial charge in [0.1, 0.15) is 0 Å². The van der Waals surface area contributed by atoms with Crippen LogP contribution in [0, 0.1) is 5.41 Å². The quantitative estimate of drug-likeness (QED) is 0.564. The van der Waals surface area contributed by atoms with Crippen LogP contribution in [-0.2, 0) is 9.31 Å². The van der Waals surface area contributed by atoms with E-state index in [2.05, 4.69) is 71.0 Å². The van der Waals surface area contributed by atoms with Gasteiger partial charge in [-0.25, -0.2) is 0 Å². The van der Waals surface area contributed by atoms with Crippen molar-refractivity contribution in [3.8, 4) is 11.4 Å². The molecule has 0 spiro atoms. The van der Waals surface area contributed by atoms with Crippen molar-refractivity contribution in [2.24, 2.45) is 5.41 Å². The summed E-state index contributed by atoms with van der Waals surface area (Å²) in [6.45, 7) is 12.8. The van der Waals surface area contributed by atoms with Crippen LogP contribution in [0.4, 0.5) is 0 Å². The summed E-state index contributed by atoms with van der Waals surface area (Å²) in [4.78, 5) is 4.71. The van der Waals surface area contributed by atoms with E-state index in [4.69, 9.17) is 18.8 Å². The molecule has 0 amide bonds. The van der Waals surface area contributed by atoms with Crippen LogP contribution in [0.2, 0.25) is 0 Å². The van der Waals surface area contributed by atoms with Gasteiger partial charge in [0.05, 0.1) is 17.1 Å². The molecule has 2 aromatic carbocycles. The minimum absolute atomic E-state index is 0.0619. The first kappa shape index (κ1) is 20.5. The Morgan fingerprint density at radius 1 is 0.774 bits per heavy atom. The molecule has 31 heavy (non-hydrogen) atoms. The molecule has 3 aromatic rings. The minimum Gasteiger partial charge on any atom is -0.399 e. The third-order valence-electron chi connectivity index (χ3n) is 7.39. The number of rotatable bonds is 4. The Kier molecular flexibility index (Phi) is 4.48. The lowest BCUT2D eigenvalue weighted by Crippen LogP contribution is -2.41. The number of aromatic nitrogens is 2. The molecule has 0 radical (unpaired) electrons. The fourth-order valence-corrected chi connectivity index (χ4v) is 4.63. The second-order valence-corrected chi connectivity index (χ2v) is 10.4. The maximum Gasteiger partial charge on any atom is 0.494 e. The first-order valence-electron chi connectivity index (χ1n) is 10.9. The number of hydrogen-bond acceptors (Lipinski definition) is 5. The maximum absolute atomic E-state index is 6.19. The summed E-state index contributed by atoms with van der Waals surface area (Å²) in [7, 11) is -0.341. The third kappa shape index (κ3) is 3.33. The Balaban J connectivity index is 1.35. The van der Waals surface area contributed by atoms with E-state index in [9.17, 15) is 0 Å². The normalized spacial score (nSPS) is 25.5. The summed E-state index contributed by atoms with van der Waals surface area (Å²) in [6.07, 6.45) is 0. The van der Waals surface area contributed by atoms with Gasteiger partial charge in [0.15, 0.2) is 0 Å². The lowest BCUT2D eigenvalue weighted by atomic mass is 9.78. The highest BCUT2D eigenvalue weighted by Crippen LogP contribution is 2.69. The van der Waals surface area contributed by atoms with Crippen molar-refractivity contribution in [1.29, 1.82) is 0 Å². The second kappa shape index (κ2) is 6.78. The highest BCUT2D eigenvalue weighted by molar-refractivity contribution is 6.62. The van der Waals surface area contributed by atoms with E-state index in [0.717, 1.165) is 11.0 Å². The largest absolute Gasteiger partial charge is 0.494 e. The maximum atomic E-state index is 6.19. The SMILES string of the molecule is CC1(C)[C@H](c2ccc(B3OC(C)(C)C(C)(C)O3)cc2)[C@H]1c1nc(-c2ccccc2)no1. The zero-order valence-corrected chi connectivity index (χ0v) is 19.0. The van der Waals surface area contributed by atoms with Gasteiger partial charge >= 0.3 is 7.12 Å². The number of nitrogens with zero attached hydrogens (tertiary/aromatic N) is 2. The van der Waals surface area contributed by atoms with Crippen LogP contribution in [0.1, 0.15) is 64.8 Å². The topological polar surface area (TPSA) is 57.4 Å². The second-order valence-electron chi connectivity index (χ2n) is 10.4. The average molecular weight is 416 g/mol. The lowest BCUT2D eigenvalue weighted by Gasteiger charge is -2.32. The standard InChI is InChI=1S/C25H29BN2O3/c1-23(2)19(20(23)22-27-21(28-29-22)17-10-8-7-9-11-17)16-12-14-18(15-13-16)26-30-24(3,4)25(5,6)31-26/h7-15,19-20H,1-6H3/t19-,20+/m1/s1. The van der Waals surface area contributed by atoms with E-state index < -0.39 is 0 Å². The van der Waals surface area contributed by atoms with Crippen LogP contribution in [0.3, 0.4) is 0 Å². The highest BCUT2D eigenvalue weighted by Gasteiger charge is 2.62. The fourth-order valence-electron chi connectivity index (χ4n) is 4.63. The van der Waals surface area contributed by atoms with E-state index in [1.54, 1.807) is 0 Å². The van der Waals surface area contributed by atoms with E-state index in [1.165, 1.54) is 5.56 Å². The Morgan fingerprint density at radius 3 is 2.00 bits per heavy atom. The van der Waals surface area contributed by atoms with Gasteiger partial charge in [0, 0.05) is 11.5 Å². The molecule has 0 N–H and O–H groups in total. The molecule has 2 fully saturated rings. The van der Waals surface area contributed by atoms with Crippen LogP contribution in [0.25, 0.3) is 11.4 Å². The predicted molar refractivity (Wildman–Crippen MR) is 121 cm³/mol.